The Bertz CT molecular complexity index is 415. The van der Waals surface area contributed by atoms with Gasteiger partial charge < -0.3 is 14.8 Å². The van der Waals surface area contributed by atoms with Gasteiger partial charge in [0.15, 0.2) is 0 Å². The Morgan fingerprint density at radius 2 is 1.90 bits per heavy atom. The minimum Gasteiger partial charge on any atom is -0.494 e. The van der Waals surface area contributed by atoms with E-state index in [9.17, 15) is 0 Å². The first kappa shape index (κ1) is 16.3. The van der Waals surface area contributed by atoms with E-state index in [-0.39, 0.29) is 0 Å². The molecular weight excluding hydrogens is 262 g/mol. The van der Waals surface area contributed by atoms with Crippen molar-refractivity contribution < 1.29 is 9.47 Å². The van der Waals surface area contributed by atoms with Crippen LogP contribution < -0.4 is 10.1 Å². The van der Waals surface area contributed by atoms with Crippen LogP contribution >= 0.6 is 0 Å². The zero-order valence-electron chi connectivity index (χ0n) is 13.6. The molecule has 118 valence electrons. The second-order valence-corrected chi connectivity index (χ2v) is 5.73. The van der Waals surface area contributed by atoms with Crippen LogP contribution in [0.2, 0.25) is 0 Å². The van der Waals surface area contributed by atoms with E-state index in [2.05, 4.69) is 37.4 Å². The Morgan fingerprint density at radius 3 is 2.57 bits per heavy atom. The van der Waals surface area contributed by atoms with E-state index in [0.29, 0.717) is 18.8 Å². The van der Waals surface area contributed by atoms with E-state index in [1.54, 1.807) is 0 Å². The molecule has 1 aromatic rings. The normalized spacial score (nSPS) is 22.6. The minimum atomic E-state index is 0.380. The highest BCUT2D eigenvalue weighted by Crippen LogP contribution is 2.38. The van der Waals surface area contributed by atoms with E-state index in [1.165, 1.54) is 24.8 Å². The molecule has 3 heteroatoms. The van der Waals surface area contributed by atoms with Gasteiger partial charge >= 0.3 is 0 Å². The largest absolute Gasteiger partial charge is 0.494 e. The van der Waals surface area contributed by atoms with Gasteiger partial charge in [0.25, 0.3) is 0 Å². The second-order valence-electron chi connectivity index (χ2n) is 5.73. The minimum absolute atomic E-state index is 0.380. The summed E-state index contributed by atoms with van der Waals surface area (Å²) in [6.45, 7) is 8.81. The van der Waals surface area contributed by atoms with Gasteiger partial charge in [-0.25, -0.2) is 0 Å². The molecule has 21 heavy (non-hydrogen) atoms. The first-order valence-electron chi connectivity index (χ1n) is 8.35. The van der Waals surface area contributed by atoms with Crippen molar-refractivity contribution in [3.8, 4) is 5.75 Å². The fourth-order valence-corrected chi connectivity index (χ4v) is 3.19. The van der Waals surface area contributed by atoms with Crippen LogP contribution in [0.5, 0.6) is 5.75 Å². The van der Waals surface area contributed by atoms with Crippen LogP contribution in [0.15, 0.2) is 24.3 Å². The smallest absolute Gasteiger partial charge is 0.124 e. The molecule has 1 N–H and O–H groups in total. The first-order chi connectivity index (χ1) is 10.3. The first-order valence-corrected chi connectivity index (χ1v) is 8.35. The summed E-state index contributed by atoms with van der Waals surface area (Å²) in [5, 5.41) is 3.62. The van der Waals surface area contributed by atoms with Crippen LogP contribution in [-0.2, 0) is 4.74 Å². The number of ether oxygens (including phenoxy) is 2. The predicted octanol–water partition coefficient (Wildman–Crippen LogP) is 3.94. The van der Waals surface area contributed by atoms with Crippen molar-refractivity contribution >= 4 is 0 Å². The highest BCUT2D eigenvalue weighted by Gasteiger charge is 2.32. The number of hydrogen-bond acceptors (Lipinski definition) is 3. The van der Waals surface area contributed by atoms with Crippen LogP contribution in [0.4, 0.5) is 0 Å². The van der Waals surface area contributed by atoms with Crippen LogP contribution in [0.3, 0.4) is 0 Å². The molecule has 0 aliphatic heterocycles. The third-order valence-corrected chi connectivity index (χ3v) is 4.21. The molecular formula is C18H29NO2. The van der Waals surface area contributed by atoms with Gasteiger partial charge in [0.1, 0.15) is 5.75 Å². The average Bonchev–Trinajstić information content (AvgIpc) is 2.45. The summed E-state index contributed by atoms with van der Waals surface area (Å²) in [6.07, 6.45) is 4.06. The highest BCUT2D eigenvalue weighted by atomic mass is 16.5. The monoisotopic (exact) mass is 291 g/mol. The van der Waals surface area contributed by atoms with Crippen molar-refractivity contribution in [2.24, 2.45) is 5.92 Å². The van der Waals surface area contributed by atoms with Crippen molar-refractivity contribution in [2.75, 3.05) is 19.8 Å². The second kappa shape index (κ2) is 8.40. The fraction of sp³-hybridized carbons (Fsp3) is 0.667. The topological polar surface area (TPSA) is 30.5 Å². The Kier molecular flexibility index (Phi) is 6.52. The molecule has 0 saturated heterocycles. The van der Waals surface area contributed by atoms with Gasteiger partial charge in [-0.15, -0.1) is 0 Å². The van der Waals surface area contributed by atoms with Gasteiger partial charge in [0.2, 0.25) is 0 Å². The third kappa shape index (κ3) is 4.45. The third-order valence-electron chi connectivity index (χ3n) is 4.21. The summed E-state index contributed by atoms with van der Waals surface area (Å²) in [4.78, 5) is 0. The quantitative estimate of drug-likeness (QED) is 0.747. The lowest BCUT2D eigenvalue weighted by atomic mass is 9.77. The molecule has 1 aliphatic carbocycles. The van der Waals surface area contributed by atoms with Gasteiger partial charge in [-0.05, 0) is 51.6 Å². The Labute approximate surface area is 129 Å². The van der Waals surface area contributed by atoms with Gasteiger partial charge in [-0.1, -0.05) is 25.1 Å². The lowest BCUT2D eigenvalue weighted by Gasteiger charge is -2.37. The lowest BCUT2D eigenvalue weighted by Crippen LogP contribution is -2.34. The molecule has 0 radical (unpaired) electrons. The zero-order chi connectivity index (χ0) is 15.1. The number of rotatable bonds is 9. The lowest BCUT2D eigenvalue weighted by molar-refractivity contribution is -0.0291. The van der Waals surface area contributed by atoms with E-state index in [4.69, 9.17) is 9.47 Å². The number of nitrogens with one attached hydrogen (secondary N) is 1. The maximum absolute atomic E-state index is 5.79. The molecule has 1 unspecified atom stereocenters. The molecule has 3 nitrogen and oxygen atoms in total. The maximum Gasteiger partial charge on any atom is 0.124 e. The van der Waals surface area contributed by atoms with Crippen molar-refractivity contribution in [1.29, 1.82) is 0 Å². The van der Waals surface area contributed by atoms with E-state index < -0.39 is 0 Å². The van der Waals surface area contributed by atoms with E-state index in [0.717, 1.165) is 24.8 Å². The van der Waals surface area contributed by atoms with E-state index >= 15 is 0 Å². The highest BCUT2D eigenvalue weighted by molar-refractivity contribution is 5.36. The van der Waals surface area contributed by atoms with Crippen LogP contribution in [0.25, 0.3) is 0 Å². The molecule has 0 bridgehead atoms. The van der Waals surface area contributed by atoms with Gasteiger partial charge in [-0.3, -0.25) is 0 Å². The fourth-order valence-electron chi connectivity index (χ4n) is 3.19. The molecule has 0 spiro atoms. The Morgan fingerprint density at radius 1 is 1.14 bits per heavy atom. The predicted molar refractivity (Wildman–Crippen MR) is 86.8 cm³/mol. The molecule has 0 heterocycles. The summed E-state index contributed by atoms with van der Waals surface area (Å²) in [6, 6.07) is 8.80. The summed E-state index contributed by atoms with van der Waals surface area (Å²) >= 11 is 0. The van der Waals surface area contributed by atoms with Gasteiger partial charge in [0.05, 0.1) is 12.7 Å². The molecule has 0 aromatic heterocycles. The zero-order valence-corrected chi connectivity index (χ0v) is 13.6. The molecule has 1 aliphatic rings. The van der Waals surface area contributed by atoms with Gasteiger partial charge in [0, 0.05) is 18.2 Å². The molecule has 1 saturated carbocycles. The molecule has 1 atom stereocenters. The molecule has 0 amide bonds. The molecule has 1 fully saturated rings. The number of hydrogen-bond donors (Lipinski definition) is 1. The molecule has 1 aromatic carbocycles. The van der Waals surface area contributed by atoms with Crippen LogP contribution in [-0.4, -0.2) is 25.9 Å². The Balaban J connectivity index is 1.99. The van der Waals surface area contributed by atoms with E-state index in [1.807, 2.05) is 13.0 Å². The number of para-hydroxylation sites is 1. The van der Waals surface area contributed by atoms with Crippen molar-refractivity contribution in [1.82, 2.24) is 5.32 Å². The summed E-state index contributed by atoms with van der Waals surface area (Å²) in [5.41, 5.74) is 1.29. The van der Waals surface area contributed by atoms with Crippen molar-refractivity contribution in [2.45, 2.75) is 52.2 Å². The average molecular weight is 291 g/mol. The van der Waals surface area contributed by atoms with Crippen molar-refractivity contribution in [3.05, 3.63) is 29.8 Å². The van der Waals surface area contributed by atoms with Crippen molar-refractivity contribution in [3.63, 3.8) is 0 Å². The van der Waals surface area contributed by atoms with Crippen LogP contribution in [0, 0.1) is 5.92 Å². The van der Waals surface area contributed by atoms with Crippen LogP contribution in [0.1, 0.15) is 51.6 Å². The number of benzene rings is 1. The molecule has 2 rings (SSSR count). The summed E-state index contributed by atoms with van der Waals surface area (Å²) in [7, 11) is 0. The Hall–Kier alpha value is -1.06. The summed E-state index contributed by atoms with van der Waals surface area (Å²) < 4.78 is 11.5. The van der Waals surface area contributed by atoms with Gasteiger partial charge in [-0.2, -0.15) is 0 Å². The summed E-state index contributed by atoms with van der Waals surface area (Å²) in [5.74, 6) is 1.78. The standard InChI is InChI=1S/C18H29NO2/c1-4-19-17(13-14-11-15(12-14)20-5-2)16-9-7-8-10-18(16)21-6-3/h7-10,14-15,17,19H,4-6,11-13H2,1-3H3. The SMILES string of the molecule is CCNC(CC1CC(OCC)C1)c1ccccc1OCC. The maximum atomic E-state index is 5.79.